The topological polar surface area (TPSA) is 513 Å². The highest BCUT2D eigenvalue weighted by atomic mass is 16.4. The number of primary amides is 1. The Morgan fingerprint density at radius 3 is 1.68 bits per heavy atom. The number of nitrogens with zero attached hydrogens (tertiary/aromatic N) is 2. The second kappa shape index (κ2) is 38.2. The van der Waals surface area contributed by atoms with Crippen molar-refractivity contribution in [2.24, 2.45) is 29.2 Å². The molecule has 13 amide bonds. The Morgan fingerprint density at radius 2 is 1.12 bits per heavy atom. The minimum absolute atomic E-state index is 0.0284. The zero-order valence-corrected chi connectivity index (χ0v) is 53.3. The van der Waals surface area contributed by atoms with Crippen molar-refractivity contribution < 1.29 is 92.0 Å². The number of rotatable bonds is 23. The minimum Gasteiger partial charge on any atom is -0.481 e. The van der Waals surface area contributed by atoms with E-state index in [-0.39, 0.29) is 51.6 Å². The van der Waals surface area contributed by atoms with E-state index in [1.54, 1.807) is 19.9 Å². The molecular weight excluding hydrogens is 1210 g/mol. The molecule has 514 valence electrons. The summed E-state index contributed by atoms with van der Waals surface area (Å²) >= 11 is 0. The highest BCUT2D eigenvalue weighted by Gasteiger charge is 2.45. The molecule has 17 N–H and O–H groups in total. The monoisotopic (exact) mass is 1300 g/mol. The molecular formula is C59H94N14O19. The van der Waals surface area contributed by atoms with Crippen molar-refractivity contribution in [3.05, 3.63) is 12.2 Å². The van der Waals surface area contributed by atoms with E-state index in [0.29, 0.717) is 12.3 Å². The van der Waals surface area contributed by atoms with Gasteiger partial charge in [-0.25, -0.2) is 0 Å². The van der Waals surface area contributed by atoms with Gasteiger partial charge in [0.1, 0.15) is 54.4 Å². The highest BCUT2D eigenvalue weighted by Crippen LogP contribution is 2.24. The summed E-state index contributed by atoms with van der Waals surface area (Å²) in [5.41, 5.74) is 11.7. The number of hydrogen-bond donors (Lipinski definition) is 15. The molecule has 0 aliphatic carbocycles. The van der Waals surface area contributed by atoms with Crippen molar-refractivity contribution in [3.8, 4) is 0 Å². The van der Waals surface area contributed by atoms with Crippen LogP contribution in [0.3, 0.4) is 0 Å². The number of hydrogen-bond acceptors (Lipinski definition) is 17. The van der Waals surface area contributed by atoms with Gasteiger partial charge in [0.15, 0.2) is 0 Å². The van der Waals surface area contributed by atoms with Crippen molar-refractivity contribution in [1.82, 2.24) is 63.0 Å². The quantitative estimate of drug-likeness (QED) is 0.0347. The van der Waals surface area contributed by atoms with Crippen LogP contribution in [-0.2, 0) is 76.7 Å². The van der Waals surface area contributed by atoms with E-state index < -0.39 is 205 Å². The molecule has 3 rings (SSSR count). The molecule has 0 radical (unpaired) electrons. The Labute approximate surface area is 533 Å². The lowest BCUT2D eigenvalue weighted by atomic mass is 9.96. The van der Waals surface area contributed by atoms with E-state index in [4.69, 9.17) is 11.5 Å². The van der Waals surface area contributed by atoms with Crippen LogP contribution in [0.1, 0.15) is 151 Å². The van der Waals surface area contributed by atoms with Gasteiger partial charge in [0.2, 0.25) is 76.8 Å². The molecule has 3 heterocycles. The van der Waals surface area contributed by atoms with E-state index in [2.05, 4.69) is 56.4 Å². The van der Waals surface area contributed by atoms with Crippen LogP contribution in [0.4, 0.5) is 0 Å². The molecule has 0 unspecified atom stereocenters. The van der Waals surface area contributed by atoms with Gasteiger partial charge in [-0.3, -0.25) is 76.7 Å². The molecule has 3 aliphatic rings. The van der Waals surface area contributed by atoms with Crippen LogP contribution < -0.4 is 64.6 Å². The van der Waals surface area contributed by atoms with Crippen LogP contribution in [-0.4, -0.2) is 212 Å². The minimum atomic E-state index is -2.13. The van der Waals surface area contributed by atoms with E-state index in [1.165, 1.54) is 18.7 Å². The number of carbonyl (C=O) groups excluding carboxylic acids is 13. The van der Waals surface area contributed by atoms with Crippen LogP contribution in [0.5, 0.6) is 0 Å². The zero-order chi connectivity index (χ0) is 69.1. The summed E-state index contributed by atoms with van der Waals surface area (Å²) in [4.78, 5) is 219. The largest absolute Gasteiger partial charge is 0.481 e. The number of carboxylic acid groups (broad SMARTS) is 3. The smallest absolute Gasteiger partial charge is 0.308 e. The molecule has 12 atom stereocenters. The van der Waals surface area contributed by atoms with Gasteiger partial charge in [0.05, 0.1) is 44.3 Å². The van der Waals surface area contributed by atoms with E-state index in [9.17, 15) is 87.2 Å². The molecule has 3 saturated heterocycles. The second-order valence-electron chi connectivity index (χ2n) is 24.3. The first-order valence-electron chi connectivity index (χ1n) is 31.2. The maximum Gasteiger partial charge on any atom is 0.308 e. The van der Waals surface area contributed by atoms with Gasteiger partial charge in [-0.1, -0.05) is 72.0 Å². The third kappa shape index (κ3) is 25.5. The Bertz CT molecular complexity index is 2720. The Balaban J connectivity index is 2.16. The number of allylic oxidation sites excluding steroid dienone is 1. The lowest BCUT2D eigenvalue weighted by molar-refractivity contribution is -0.149. The lowest BCUT2D eigenvalue weighted by Crippen LogP contribution is -2.66. The summed E-state index contributed by atoms with van der Waals surface area (Å²) in [5, 5.41) is 52.6. The number of fused-ring (bicyclic) bond motifs is 2. The van der Waals surface area contributed by atoms with Gasteiger partial charge in [-0.2, -0.15) is 0 Å². The third-order valence-electron chi connectivity index (χ3n) is 15.8. The summed E-state index contributed by atoms with van der Waals surface area (Å²) in [7, 11) is 0. The predicted molar refractivity (Wildman–Crippen MR) is 326 cm³/mol. The van der Waals surface area contributed by atoms with Crippen LogP contribution >= 0.6 is 0 Å². The summed E-state index contributed by atoms with van der Waals surface area (Å²) in [6, 6.07) is -18.3. The van der Waals surface area contributed by atoms with Gasteiger partial charge >= 0.3 is 17.9 Å². The number of carboxylic acids is 3. The van der Waals surface area contributed by atoms with E-state index in [0.717, 1.165) is 50.3 Å². The summed E-state index contributed by atoms with van der Waals surface area (Å²) in [5.74, 6) is -21.1. The second-order valence-corrected chi connectivity index (χ2v) is 24.3. The first-order chi connectivity index (χ1) is 43.2. The maximum absolute atomic E-state index is 15.2. The number of carbonyl (C=O) groups is 16. The van der Waals surface area contributed by atoms with Gasteiger partial charge < -0.3 is 89.8 Å². The lowest BCUT2D eigenvalue weighted by Gasteiger charge is -2.39. The van der Waals surface area contributed by atoms with Crippen molar-refractivity contribution in [2.45, 2.75) is 218 Å². The van der Waals surface area contributed by atoms with Crippen molar-refractivity contribution in [2.75, 3.05) is 26.2 Å². The van der Waals surface area contributed by atoms with Crippen LogP contribution in [0.15, 0.2) is 12.2 Å². The molecule has 33 heteroatoms. The fourth-order valence-electron chi connectivity index (χ4n) is 10.6. The van der Waals surface area contributed by atoms with Gasteiger partial charge in [-0.05, 0) is 77.6 Å². The highest BCUT2D eigenvalue weighted by molar-refractivity contribution is 6.01. The number of unbranched alkanes of at least 4 members (excludes halogenated alkanes) is 5. The number of nitrogens with two attached hydrogens (primary N) is 2. The average Bonchev–Trinajstić information content (AvgIpc) is 1.26. The first kappa shape index (κ1) is 77.5. The first-order valence-corrected chi connectivity index (χ1v) is 31.2. The number of aliphatic carboxylic acids is 3. The van der Waals surface area contributed by atoms with Gasteiger partial charge in [0, 0.05) is 25.6 Å². The zero-order valence-electron chi connectivity index (χ0n) is 53.3. The average molecular weight is 1300 g/mol. The van der Waals surface area contributed by atoms with Crippen molar-refractivity contribution in [3.63, 3.8) is 0 Å². The molecule has 0 spiro atoms. The number of nitrogens with one attached hydrogen (secondary N) is 10. The fraction of sp³-hybridized carbons (Fsp3) is 0.695. The SMILES string of the molecule is CC(C)CCCCCCC/C=C\CC(=O)N[C@@H](CC(N)=O)C(=O)N[C@@H]1C(=O)N2CCCC[C@@H]2C(=O)N[C@@H]([C@@H](C)C(=O)O)C(=O)N[C@@H](CC(=O)O)C(=O)NCC(=O)N[C@@H](CC(=O)O)C(=O)NCC(=O)N[C@H]([C@H](C)N)C(=O)N[C@@H](C(C)C)C(=O)N2CCC[C@H]2C(=O)N[C@@H]1C. The number of piperidine rings is 1. The van der Waals surface area contributed by atoms with Crippen LogP contribution in [0.2, 0.25) is 0 Å². The third-order valence-corrected chi connectivity index (χ3v) is 15.8. The molecule has 33 nitrogen and oxygen atoms in total. The normalized spacial score (nSPS) is 25.2. The van der Waals surface area contributed by atoms with Crippen molar-refractivity contribution in [1.29, 1.82) is 0 Å². The molecule has 0 aromatic carbocycles. The molecule has 92 heavy (non-hydrogen) atoms. The summed E-state index contributed by atoms with van der Waals surface area (Å²) < 4.78 is 0. The number of amides is 13. The fourth-order valence-corrected chi connectivity index (χ4v) is 10.6. The van der Waals surface area contributed by atoms with Crippen LogP contribution in [0.25, 0.3) is 0 Å². The molecule has 0 aromatic rings. The predicted octanol–water partition coefficient (Wildman–Crippen LogP) is -3.62. The van der Waals surface area contributed by atoms with E-state index >= 15 is 4.79 Å². The molecule has 0 aromatic heterocycles. The van der Waals surface area contributed by atoms with Gasteiger partial charge in [0.25, 0.3) is 0 Å². The maximum atomic E-state index is 15.2. The molecule has 3 fully saturated rings. The summed E-state index contributed by atoms with van der Waals surface area (Å²) in [6.45, 7) is 8.81. The van der Waals surface area contributed by atoms with E-state index in [1.807, 2.05) is 16.7 Å². The molecule has 0 bridgehead atoms. The van der Waals surface area contributed by atoms with Crippen molar-refractivity contribution >= 4 is 94.7 Å². The Morgan fingerprint density at radius 1 is 0.598 bits per heavy atom. The standard InChI is InChI=1S/C59H94N14O19/c1-30(2)19-14-12-10-8-9-11-13-15-22-41(75)65-35(25-40(61)74)52(84)71-49-34(7)64-53(85)39-21-18-24-73(39)57(89)46(31(3)4)69-56(88)48(33(6)60)68-43(77)29-63-50(82)36(26-44(78)79)66-42(76)28-62-51(83)37(27-45(80)81)67-55(87)47(32(5)59(91)92)70-54(86)38-20-16-17-23-72(38)58(49)90/h13,15,30-39,46-49H,8-12,14,16-29,60H2,1-7H3,(H2,61,74)(H,62,83)(H,63,82)(H,64,85)(H,65,75)(H,66,76)(H,67,87)(H,68,77)(H,69,88)(H,70,86)(H,71,84)(H,78,79)(H,80,81)(H,91,92)/b15-13-/t32-,33+,34-,35+,36+,37+,38-,39+,46+,47+,48-,49+/m1/s1. The Hall–Kier alpha value is -8.78. The Kier molecular flexibility index (Phi) is 32.1. The molecule has 0 saturated carbocycles. The van der Waals surface area contributed by atoms with Gasteiger partial charge in [-0.15, -0.1) is 0 Å². The molecule has 3 aliphatic heterocycles. The van der Waals surface area contributed by atoms with Crippen LogP contribution in [0, 0.1) is 17.8 Å². The summed E-state index contributed by atoms with van der Waals surface area (Å²) in [6.07, 6.45) is 7.71.